The first-order chi connectivity index (χ1) is 12.2. The highest BCUT2D eigenvalue weighted by Crippen LogP contribution is 2.34. The first-order valence-corrected chi connectivity index (χ1v) is 8.81. The summed E-state index contributed by atoms with van der Waals surface area (Å²) in [5.41, 5.74) is 0.709. The molecule has 132 valence electrons. The van der Waals surface area contributed by atoms with Crippen LogP contribution in [0.15, 0.2) is 41.1 Å². The average molecular weight is 341 g/mol. The Balaban J connectivity index is 1.33. The van der Waals surface area contributed by atoms with Gasteiger partial charge in [-0.3, -0.25) is 14.7 Å². The van der Waals surface area contributed by atoms with Crippen LogP contribution in [0.3, 0.4) is 0 Å². The van der Waals surface area contributed by atoms with Crippen LogP contribution in [0.2, 0.25) is 0 Å². The molecule has 6 heteroatoms. The second-order valence-corrected chi connectivity index (χ2v) is 6.93. The van der Waals surface area contributed by atoms with E-state index in [9.17, 15) is 4.79 Å². The summed E-state index contributed by atoms with van der Waals surface area (Å²) in [6, 6.07) is 7.66. The Kier molecular flexibility index (Phi) is 4.55. The highest BCUT2D eigenvalue weighted by atomic mass is 16.5. The van der Waals surface area contributed by atoms with Gasteiger partial charge in [0.25, 0.3) is 5.91 Å². The molecule has 2 aliphatic heterocycles. The van der Waals surface area contributed by atoms with Crippen LogP contribution in [0.5, 0.6) is 0 Å². The zero-order valence-corrected chi connectivity index (χ0v) is 14.4. The van der Waals surface area contributed by atoms with Crippen molar-refractivity contribution in [1.29, 1.82) is 0 Å². The second-order valence-electron chi connectivity index (χ2n) is 6.93. The fraction of sp³-hybridized carbons (Fsp3) is 0.474. The van der Waals surface area contributed by atoms with Crippen LogP contribution in [0, 0.1) is 12.8 Å². The lowest BCUT2D eigenvalue weighted by atomic mass is 9.91. The molecule has 0 spiro atoms. The highest BCUT2D eigenvalue weighted by molar-refractivity contribution is 5.94. The monoisotopic (exact) mass is 341 g/mol. The molecular formula is C19H23N3O3. The number of aryl methyl sites for hydroxylation is 1. The van der Waals surface area contributed by atoms with E-state index in [4.69, 9.17) is 9.15 Å². The first kappa shape index (κ1) is 16.3. The number of hydrogen-bond donors (Lipinski definition) is 1. The van der Waals surface area contributed by atoms with E-state index in [0.29, 0.717) is 11.6 Å². The van der Waals surface area contributed by atoms with E-state index in [1.54, 1.807) is 18.5 Å². The number of rotatable bonds is 4. The summed E-state index contributed by atoms with van der Waals surface area (Å²) in [4.78, 5) is 18.8. The molecule has 4 heterocycles. The van der Waals surface area contributed by atoms with Gasteiger partial charge in [-0.05, 0) is 56.5 Å². The molecule has 0 saturated carbocycles. The Morgan fingerprint density at radius 3 is 3.08 bits per heavy atom. The minimum atomic E-state index is -0.374. The summed E-state index contributed by atoms with van der Waals surface area (Å²) in [6.07, 6.45) is 4.93. The Morgan fingerprint density at radius 1 is 1.40 bits per heavy atom. The fourth-order valence-corrected chi connectivity index (χ4v) is 3.76. The van der Waals surface area contributed by atoms with Gasteiger partial charge in [0, 0.05) is 12.7 Å². The number of nitrogens with one attached hydrogen (secondary N) is 1. The third-order valence-corrected chi connectivity index (χ3v) is 5.03. The number of nitrogens with zero attached hydrogens (tertiary/aromatic N) is 2. The SMILES string of the molecule is Cc1ccc(CN2CC[C@H]3C[C@@H](C(=O)Nc4cccnc4)O[C@@H]3C2)o1. The number of fused-ring (bicyclic) bond motifs is 1. The number of ether oxygens (including phenoxy) is 1. The van der Waals surface area contributed by atoms with Crippen LogP contribution in [0.1, 0.15) is 24.4 Å². The van der Waals surface area contributed by atoms with Gasteiger partial charge in [0.1, 0.15) is 17.6 Å². The molecule has 6 nitrogen and oxygen atoms in total. The lowest BCUT2D eigenvalue weighted by Gasteiger charge is -2.33. The molecule has 2 saturated heterocycles. The molecule has 0 bridgehead atoms. The Labute approximate surface area is 147 Å². The van der Waals surface area contributed by atoms with Crippen LogP contribution >= 0.6 is 0 Å². The summed E-state index contributed by atoms with van der Waals surface area (Å²) in [5.74, 6) is 2.31. The van der Waals surface area contributed by atoms with E-state index in [1.165, 1.54) is 0 Å². The quantitative estimate of drug-likeness (QED) is 0.926. The van der Waals surface area contributed by atoms with Gasteiger partial charge >= 0.3 is 0 Å². The van der Waals surface area contributed by atoms with Crippen molar-refractivity contribution >= 4 is 11.6 Å². The number of piperidine rings is 1. The van der Waals surface area contributed by atoms with E-state index in [-0.39, 0.29) is 18.1 Å². The fourth-order valence-electron chi connectivity index (χ4n) is 3.76. The summed E-state index contributed by atoms with van der Waals surface area (Å²) in [7, 11) is 0. The molecule has 0 radical (unpaired) electrons. The topological polar surface area (TPSA) is 67.6 Å². The van der Waals surface area contributed by atoms with Crippen molar-refractivity contribution in [1.82, 2.24) is 9.88 Å². The Morgan fingerprint density at radius 2 is 2.32 bits per heavy atom. The molecule has 2 aliphatic rings. The second kappa shape index (κ2) is 6.98. The maximum Gasteiger partial charge on any atom is 0.253 e. The predicted octanol–water partition coefficient (Wildman–Crippen LogP) is 2.60. The van der Waals surface area contributed by atoms with E-state index < -0.39 is 0 Å². The smallest absolute Gasteiger partial charge is 0.253 e. The van der Waals surface area contributed by atoms with Crippen LogP contribution in [0.25, 0.3) is 0 Å². The average Bonchev–Trinajstić information content (AvgIpc) is 3.21. The van der Waals surface area contributed by atoms with Crippen molar-refractivity contribution in [2.24, 2.45) is 5.92 Å². The molecule has 3 atom stereocenters. The summed E-state index contributed by atoms with van der Waals surface area (Å²) < 4.78 is 11.7. The molecule has 0 aromatic carbocycles. The normalized spacial score (nSPS) is 26.4. The van der Waals surface area contributed by atoms with Gasteiger partial charge in [0.05, 0.1) is 24.5 Å². The number of carbonyl (C=O) groups is 1. The van der Waals surface area contributed by atoms with Gasteiger partial charge in [-0.15, -0.1) is 0 Å². The Bertz CT molecular complexity index is 731. The van der Waals surface area contributed by atoms with Crippen molar-refractivity contribution in [2.45, 2.75) is 38.5 Å². The Hall–Kier alpha value is -2.18. The zero-order chi connectivity index (χ0) is 17.2. The number of furan rings is 1. The minimum absolute atomic E-state index is 0.0735. The van der Waals surface area contributed by atoms with Gasteiger partial charge in [-0.25, -0.2) is 0 Å². The predicted molar refractivity (Wildman–Crippen MR) is 93.0 cm³/mol. The van der Waals surface area contributed by atoms with Crippen molar-refractivity contribution in [3.63, 3.8) is 0 Å². The standard InChI is InChI=1S/C19H23N3O3/c1-13-4-5-16(24-13)11-22-8-6-14-9-17(25-18(14)12-22)19(23)21-15-3-2-7-20-10-15/h2-5,7,10,14,17-18H,6,8-9,11-12H2,1H3,(H,21,23)/t14-,17-,18+/m0/s1. The number of aromatic nitrogens is 1. The van der Waals surface area contributed by atoms with Gasteiger partial charge < -0.3 is 14.5 Å². The number of amides is 1. The molecule has 1 amide bonds. The van der Waals surface area contributed by atoms with Crippen molar-refractivity contribution in [3.05, 3.63) is 48.2 Å². The third kappa shape index (κ3) is 3.75. The highest BCUT2D eigenvalue weighted by Gasteiger charge is 2.41. The van der Waals surface area contributed by atoms with Gasteiger partial charge in [0.15, 0.2) is 0 Å². The summed E-state index contributed by atoms with van der Waals surface area (Å²) in [6.45, 7) is 4.62. The van der Waals surface area contributed by atoms with Crippen molar-refractivity contribution in [2.75, 3.05) is 18.4 Å². The number of hydrogen-bond acceptors (Lipinski definition) is 5. The van der Waals surface area contributed by atoms with E-state index in [1.807, 2.05) is 25.1 Å². The minimum Gasteiger partial charge on any atom is -0.465 e. The van der Waals surface area contributed by atoms with Gasteiger partial charge in [-0.2, -0.15) is 0 Å². The molecular weight excluding hydrogens is 318 g/mol. The van der Waals surface area contributed by atoms with Crippen LogP contribution < -0.4 is 5.32 Å². The molecule has 0 aliphatic carbocycles. The lowest BCUT2D eigenvalue weighted by Crippen LogP contribution is -2.41. The summed E-state index contributed by atoms with van der Waals surface area (Å²) >= 11 is 0. The number of carbonyl (C=O) groups excluding carboxylic acids is 1. The molecule has 0 unspecified atom stereocenters. The maximum atomic E-state index is 12.4. The molecule has 4 rings (SSSR count). The van der Waals surface area contributed by atoms with Crippen LogP contribution in [0.4, 0.5) is 5.69 Å². The van der Waals surface area contributed by atoms with Crippen LogP contribution in [-0.4, -0.2) is 41.1 Å². The van der Waals surface area contributed by atoms with E-state index >= 15 is 0 Å². The molecule has 25 heavy (non-hydrogen) atoms. The van der Waals surface area contributed by atoms with Crippen molar-refractivity contribution < 1.29 is 13.9 Å². The molecule has 2 fully saturated rings. The van der Waals surface area contributed by atoms with Gasteiger partial charge in [0.2, 0.25) is 0 Å². The third-order valence-electron chi connectivity index (χ3n) is 5.03. The van der Waals surface area contributed by atoms with E-state index in [2.05, 4.69) is 15.2 Å². The molecule has 1 N–H and O–H groups in total. The number of likely N-dealkylation sites (tertiary alicyclic amines) is 1. The lowest BCUT2D eigenvalue weighted by molar-refractivity contribution is -0.127. The van der Waals surface area contributed by atoms with Gasteiger partial charge in [-0.1, -0.05) is 0 Å². The summed E-state index contributed by atoms with van der Waals surface area (Å²) in [5, 5.41) is 2.89. The maximum absolute atomic E-state index is 12.4. The van der Waals surface area contributed by atoms with Crippen LogP contribution in [-0.2, 0) is 16.1 Å². The largest absolute Gasteiger partial charge is 0.465 e. The molecule has 2 aromatic heterocycles. The van der Waals surface area contributed by atoms with Crippen molar-refractivity contribution in [3.8, 4) is 0 Å². The zero-order valence-electron chi connectivity index (χ0n) is 14.4. The number of anilines is 1. The first-order valence-electron chi connectivity index (χ1n) is 8.81. The number of pyridine rings is 1. The van der Waals surface area contributed by atoms with E-state index in [0.717, 1.165) is 44.0 Å². The molecule has 2 aromatic rings.